The lowest BCUT2D eigenvalue weighted by Crippen LogP contribution is -2.56. The minimum atomic E-state index is -0.706. The minimum absolute atomic E-state index is 0.0623. The van der Waals surface area contributed by atoms with Crippen LogP contribution in [0.4, 0.5) is 5.69 Å². The van der Waals surface area contributed by atoms with E-state index in [0.717, 1.165) is 17.3 Å². The number of aliphatic hydroxyl groups excluding tert-OH is 1. The monoisotopic (exact) mass is 345 g/mol. The average molecular weight is 345 g/mol. The molecule has 2 aliphatic rings. The summed E-state index contributed by atoms with van der Waals surface area (Å²) in [5, 5.41) is 13.2. The summed E-state index contributed by atoms with van der Waals surface area (Å²) in [5.41, 5.74) is 9.58. The van der Waals surface area contributed by atoms with Crippen LogP contribution < -0.4 is 0 Å². The normalized spacial score (nSPS) is 28.0. The predicted octanol–water partition coefficient (Wildman–Crippen LogP) is 3.02. The molecule has 3 atom stereocenters. The first-order chi connectivity index (χ1) is 12.0. The summed E-state index contributed by atoms with van der Waals surface area (Å²) in [5.74, 6) is -1.09. The van der Waals surface area contributed by atoms with Crippen molar-refractivity contribution in [3.05, 3.63) is 40.3 Å². The van der Waals surface area contributed by atoms with Crippen molar-refractivity contribution >= 4 is 11.7 Å². The number of hydrogen-bond donors (Lipinski definition) is 1. The summed E-state index contributed by atoms with van der Waals surface area (Å²) >= 11 is 0. The smallest absolute Gasteiger partial charge is 0.316 e. The third-order valence-corrected chi connectivity index (χ3v) is 5.99. The number of ether oxygens (including phenoxy) is 1. The highest BCUT2D eigenvalue weighted by Gasteiger charge is 2.50. The number of nitrogens with zero attached hydrogens (tertiary/aromatic N) is 4. The van der Waals surface area contributed by atoms with Gasteiger partial charge in [-0.1, -0.05) is 29.4 Å². The topological polar surface area (TPSA) is 95.3 Å². The fourth-order valence-corrected chi connectivity index (χ4v) is 4.31. The van der Waals surface area contributed by atoms with Crippen LogP contribution in [0.15, 0.2) is 29.4 Å². The molecule has 0 aromatic heterocycles. The highest BCUT2D eigenvalue weighted by atomic mass is 16.5. The minimum Gasteiger partial charge on any atom is -0.461 e. The van der Waals surface area contributed by atoms with Crippen LogP contribution >= 0.6 is 0 Å². The van der Waals surface area contributed by atoms with Gasteiger partial charge in [0.1, 0.15) is 12.0 Å². The maximum absolute atomic E-state index is 12.6. The van der Waals surface area contributed by atoms with Crippen molar-refractivity contribution < 1.29 is 19.1 Å². The summed E-state index contributed by atoms with van der Waals surface area (Å²) in [7, 11) is 4.53. The molecule has 1 aromatic carbocycles. The molecule has 1 N–H and O–H groups in total. The average Bonchev–Trinajstić information content (AvgIpc) is 2.76. The number of esters is 1. The molecular formula is C18H25N4O3+. The summed E-state index contributed by atoms with van der Waals surface area (Å²) in [6, 6.07) is 7.74. The van der Waals surface area contributed by atoms with Crippen molar-refractivity contribution in [3.63, 3.8) is 0 Å². The third-order valence-electron chi connectivity index (χ3n) is 5.99. The number of carbonyl (C=O) groups is 1. The van der Waals surface area contributed by atoms with E-state index in [4.69, 9.17) is 10.3 Å². The Morgan fingerprint density at radius 1 is 1.32 bits per heavy atom. The first-order valence-corrected chi connectivity index (χ1v) is 8.75. The van der Waals surface area contributed by atoms with Crippen LogP contribution in [-0.2, 0) is 9.53 Å². The van der Waals surface area contributed by atoms with Crippen LogP contribution in [0.2, 0.25) is 0 Å². The number of fused-ring (bicyclic) bond motifs is 2. The molecular weight excluding hydrogens is 320 g/mol. The van der Waals surface area contributed by atoms with Crippen molar-refractivity contribution in [1.82, 2.24) is 0 Å². The zero-order valence-electron chi connectivity index (χ0n) is 14.7. The molecule has 0 amide bonds. The lowest BCUT2D eigenvalue weighted by molar-refractivity contribution is -0.931. The fraction of sp³-hybridized carbons (Fsp3) is 0.611. The summed E-state index contributed by atoms with van der Waals surface area (Å²) in [6.07, 6.45) is 4.10. The Morgan fingerprint density at radius 2 is 1.92 bits per heavy atom. The Morgan fingerprint density at radius 3 is 2.44 bits per heavy atom. The summed E-state index contributed by atoms with van der Waals surface area (Å²) < 4.78 is 6.79. The molecule has 2 fully saturated rings. The lowest BCUT2D eigenvalue weighted by Gasteiger charge is -2.44. The Hall–Kier alpha value is -2.08. The molecule has 0 aliphatic carbocycles. The fourth-order valence-electron chi connectivity index (χ4n) is 4.31. The largest absolute Gasteiger partial charge is 0.461 e. The number of aliphatic hydroxyl groups is 1. The van der Waals surface area contributed by atoms with Crippen LogP contribution in [0.3, 0.4) is 0 Å². The number of piperidine rings is 1. The molecule has 0 saturated carbocycles. The molecule has 7 nitrogen and oxygen atoms in total. The van der Waals surface area contributed by atoms with E-state index >= 15 is 0 Å². The predicted molar refractivity (Wildman–Crippen MR) is 93.1 cm³/mol. The first kappa shape index (κ1) is 17.7. The van der Waals surface area contributed by atoms with Gasteiger partial charge in [0.2, 0.25) is 0 Å². The van der Waals surface area contributed by atoms with Crippen LogP contribution in [0, 0.1) is 0 Å². The zero-order chi connectivity index (χ0) is 18.0. The molecule has 0 radical (unpaired) electrons. The van der Waals surface area contributed by atoms with E-state index in [1.807, 2.05) is 0 Å². The van der Waals surface area contributed by atoms with E-state index in [2.05, 4.69) is 24.1 Å². The van der Waals surface area contributed by atoms with Crippen molar-refractivity contribution in [1.29, 1.82) is 0 Å². The maximum atomic E-state index is 12.6. The SMILES string of the molecule is C[N+]1(C)[C@H]2CC[C@H]1CC(OC(=O)[C@@H](CO)c1ccc(N=[N+]=[N-])cc1)C2. The van der Waals surface area contributed by atoms with Gasteiger partial charge >= 0.3 is 5.97 Å². The third kappa shape index (κ3) is 3.49. The van der Waals surface area contributed by atoms with Crippen molar-refractivity contribution in [2.24, 2.45) is 5.11 Å². The van der Waals surface area contributed by atoms with Crippen LogP contribution in [-0.4, -0.2) is 54.4 Å². The van der Waals surface area contributed by atoms with Crippen LogP contribution in [0.5, 0.6) is 0 Å². The summed E-state index contributed by atoms with van der Waals surface area (Å²) in [6.45, 7) is -0.305. The molecule has 134 valence electrons. The number of quaternary nitrogens is 1. The molecule has 1 aromatic rings. The quantitative estimate of drug-likeness (QED) is 0.292. The van der Waals surface area contributed by atoms with E-state index in [1.54, 1.807) is 24.3 Å². The second kappa shape index (κ2) is 7.04. The second-order valence-corrected chi connectivity index (χ2v) is 7.56. The van der Waals surface area contributed by atoms with Gasteiger partial charge in [0.15, 0.2) is 0 Å². The van der Waals surface area contributed by atoms with Gasteiger partial charge in [0.25, 0.3) is 0 Å². The van der Waals surface area contributed by atoms with E-state index in [9.17, 15) is 9.90 Å². The van der Waals surface area contributed by atoms with Gasteiger partial charge in [-0.15, -0.1) is 0 Å². The van der Waals surface area contributed by atoms with E-state index < -0.39 is 5.92 Å². The number of rotatable bonds is 5. The number of carbonyl (C=O) groups excluding carboxylic acids is 1. The van der Waals surface area contributed by atoms with Gasteiger partial charge in [-0.05, 0) is 11.1 Å². The Kier molecular flexibility index (Phi) is 4.99. The Bertz CT molecular complexity index is 666. The first-order valence-electron chi connectivity index (χ1n) is 8.75. The number of hydrogen-bond acceptors (Lipinski definition) is 4. The zero-order valence-corrected chi connectivity index (χ0v) is 14.7. The van der Waals surface area contributed by atoms with Gasteiger partial charge in [-0.2, -0.15) is 0 Å². The highest BCUT2D eigenvalue weighted by Crippen LogP contribution is 2.40. The molecule has 0 unspecified atom stereocenters. The summed E-state index contributed by atoms with van der Waals surface area (Å²) in [4.78, 5) is 15.3. The molecule has 2 aliphatic heterocycles. The van der Waals surface area contributed by atoms with Gasteiger partial charge < -0.3 is 14.3 Å². The molecule has 2 heterocycles. The molecule has 0 spiro atoms. The molecule has 2 saturated heterocycles. The van der Waals surface area contributed by atoms with Gasteiger partial charge in [0.05, 0.1) is 32.8 Å². The Balaban J connectivity index is 1.66. The van der Waals surface area contributed by atoms with Gasteiger partial charge in [0, 0.05) is 36.3 Å². The second-order valence-electron chi connectivity index (χ2n) is 7.56. The Labute approximate surface area is 147 Å². The van der Waals surface area contributed by atoms with E-state index in [-0.39, 0.29) is 18.7 Å². The van der Waals surface area contributed by atoms with Gasteiger partial charge in [-0.3, -0.25) is 4.79 Å². The number of azide groups is 1. The molecule has 25 heavy (non-hydrogen) atoms. The van der Waals surface area contributed by atoms with Crippen molar-refractivity contribution in [2.45, 2.75) is 49.8 Å². The maximum Gasteiger partial charge on any atom is 0.316 e. The van der Waals surface area contributed by atoms with E-state index in [0.29, 0.717) is 23.3 Å². The standard InChI is InChI=1S/C18H25N4O3/c1-22(2)14-7-8-15(22)10-16(9-14)25-18(24)17(11-23)12-3-5-13(6-4-12)20-21-19/h3-6,14-17,23H,7-11H2,1-2H3/q+1/t14-,15-,17-/m0/s1. The van der Waals surface area contributed by atoms with Crippen LogP contribution in [0.25, 0.3) is 10.4 Å². The molecule has 7 heteroatoms. The van der Waals surface area contributed by atoms with Gasteiger partial charge in [-0.25, -0.2) is 0 Å². The number of benzene rings is 1. The lowest BCUT2D eigenvalue weighted by atomic mass is 9.96. The van der Waals surface area contributed by atoms with Crippen LogP contribution in [0.1, 0.15) is 37.2 Å². The van der Waals surface area contributed by atoms with E-state index in [1.165, 1.54) is 12.8 Å². The van der Waals surface area contributed by atoms with Crippen molar-refractivity contribution in [2.75, 3.05) is 20.7 Å². The molecule has 2 bridgehead atoms. The highest BCUT2D eigenvalue weighted by molar-refractivity contribution is 5.78. The van der Waals surface area contributed by atoms with Crippen molar-refractivity contribution in [3.8, 4) is 0 Å². The molecule has 3 rings (SSSR count).